The summed E-state index contributed by atoms with van der Waals surface area (Å²) in [6.07, 6.45) is 4.82. The van der Waals surface area contributed by atoms with Crippen molar-refractivity contribution in [2.24, 2.45) is 5.92 Å². The van der Waals surface area contributed by atoms with E-state index in [4.69, 9.17) is 0 Å². The summed E-state index contributed by atoms with van der Waals surface area (Å²) in [5, 5.41) is 3.13. The van der Waals surface area contributed by atoms with E-state index in [1.54, 1.807) is 0 Å². The van der Waals surface area contributed by atoms with Crippen LogP contribution in [0.2, 0.25) is 0 Å². The number of nitrogens with one attached hydrogen (secondary N) is 3. The fourth-order valence-corrected chi connectivity index (χ4v) is 3.43. The van der Waals surface area contributed by atoms with Crippen molar-refractivity contribution >= 4 is 5.91 Å². The summed E-state index contributed by atoms with van der Waals surface area (Å²) in [5.74, 6) is 0.551. The van der Waals surface area contributed by atoms with Crippen LogP contribution in [0.3, 0.4) is 0 Å². The van der Waals surface area contributed by atoms with E-state index in [2.05, 4.69) is 28.3 Å². The minimum atomic E-state index is -0.0912. The van der Waals surface area contributed by atoms with Gasteiger partial charge in [-0.2, -0.15) is 0 Å². The van der Waals surface area contributed by atoms with Crippen LogP contribution >= 0.6 is 0 Å². The molecule has 1 heterocycles. The monoisotopic (exact) mass is 273 g/mol. The van der Waals surface area contributed by atoms with Crippen LogP contribution in [0.15, 0.2) is 30.3 Å². The topological polar surface area (TPSA) is 53.2 Å². The fourth-order valence-electron chi connectivity index (χ4n) is 3.43. The molecule has 4 nitrogen and oxygen atoms in total. The lowest BCUT2D eigenvalue weighted by molar-refractivity contribution is -0.124. The Morgan fingerprint density at radius 3 is 2.75 bits per heavy atom. The Kier molecular flexibility index (Phi) is 4.03. The van der Waals surface area contributed by atoms with Crippen LogP contribution in [-0.2, 0) is 4.79 Å². The molecule has 1 saturated carbocycles. The number of benzene rings is 1. The highest BCUT2D eigenvalue weighted by atomic mass is 16.2. The van der Waals surface area contributed by atoms with Gasteiger partial charge in [0.25, 0.3) is 0 Å². The molecule has 2 fully saturated rings. The lowest BCUT2D eigenvalue weighted by Gasteiger charge is -2.27. The molecule has 0 aromatic heterocycles. The summed E-state index contributed by atoms with van der Waals surface area (Å²) < 4.78 is 0. The van der Waals surface area contributed by atoms with Gasteiger partial charge in [-0.25, -0.2) is 5.43 Å². The average molecular weight is 273 g/mol. The van der Waals surface area contributed by atoms with Gasteiger partial charge in [0.2, 0.25) is 5.91 Å². The molecule has 1 aromatic carbocycles. The van der Waals surface area contributed by atoms with Gasteiger partial charge in [-0.15, -0.1) is 0 Å². The van der Waals surface area contributed by atoms with E-state index in [0.29, 0.717) is 12.0 Å². The van der Waals surface area contributed by atoms with Gasteiger partial charge in [-0.05, 0) is 25.3 Å². The average Bonchev–Trinajstić information content (AvgIpc) is 2.92. The second-order valence-electron chi connectivity index (χ2n) is 5.96. The highest BCUT2D eigenvalue weighted by molar-refractivity contribution is 5.83. The van der Waals surface area contributed by atoms with Crippen molar-refractivity contribution in [3.05, 3.63) is 35.9 Å². The smallest absolute Gasteiger partial charge is 0.239 e. The van der Waals surface area contributed by atoms with Gasteiger partial charge >= 0.3 is 0 Å². The summed E-state index contributed by atoms with van der Waals surface area (Å²) >= 11 is 0. The Bertz CT molecular complexity index is 462. The minimum absolute atomic E-state index is 0.0492. The molecule has 1 aromatic rings. The van der Waals surface area contributed by atoms with Crippen LogP contribution in [0.1, 0.15) is 44.2 Å². The second kappa shape index (κ2) is 5.94. The number of rotatable bonds is 3. The van der Waals surface area contributed by atoms with E-state index in [-0.39, 0.29) is 18.0 Å². The summed E-state index contributed by atoms with van der Waals surface area (Å²) in [5.41, 5.74) is 7.63. The lowest BCUT2D eigenvalue weighted by atomic mass is 9.81. The maximum atomic E-state index is 12.5. The van der Waals surface area contributed by atoms with Crippen LogP contribution in [0.25, 0.3) is 0 Å². The quantitative estimate of drug-likeness (QED) is 0.788. The zero-order valence-electron chi connectivity index (χ0n) is 11.9. The number of fused-ring (bicyclic) bond motifs is 1. The molecule has 4 atom stereocenters. The van der Waals surface area contributed by atoms with Gasteiger partial charge in [-0.3, -0.25) is 10.2 Å². The third kappa shape index (κ3) is 2.72. The molecule has 0 bridgehead atoms. The number of carbonyl (C=O) groups excluding carboxylic acids is 1. The Hall–Kier alpha value is -1.39. The van der Waals surface area contributed by atoms with Crippen molar-refractivity contribution in [3.63, 3.8) is 0 Å². The van der Waals surface area contributed by atoms with E-state index in [1.807, 2.05) is 25.1 Å². The van der Waals surface area contributed by atoms with Crippen molar-refractivity contribution in [2.75, 3.05) is 0 Å². The van der Waals surface area contributed by atoms with Gasteiger partial charge in [0.15, 0.2) is 0 Å². The Morgan fingerprint density at radius 1 is 1.20 bits per heavy atom. The summed E-state index contributed by atoms with van der Waals surface area (Å²) in [6.45, 7) is 2.04. The highest BCUT2D eigenvalue weighted by Crippen LogP contribution is 2.30. The number of hydrogen-bond acceptors (Lipinski definition) is 3. The highest BCUT2D eigenvalue weighted by Gasteiger charge is 2.41. The molecule has 3 rings (SSSR count). The first kappa shape index (κ1) is 13.6. The number of hydrogen-bond donors (Lipinski definition) is 3. The third-order valence-electron chi connectivity index (χ3n) is 4.61. The van der Waals surface area contributed by atoms with E-state index in [1.165, 1.54) is 19.3 Å². The SMILES string of the molecule is CC(NC(=O)C1NNC2CCCCC21)c1ccccc1. The maximum absolute atomic E-state index is 12.5. The molecule has 0 spiro atoms. The van der Waals surface area contributed by atoms with Gasteiger partial charge in [-0.1, -0.05) is 43.2 Å². The molecule has 1 aliphatic carbocycles. The molecule has 1 amide bonds. The third-order valence-corrected chi connectivity index (χ3v) is 4.61. The van der Waals surface area contributed by atoms with Crippen molar-refractivity contribution in [2.45, 2.75) is 50.7 Å². The molecule has 3 N–H and O–H groups in total. The van der Waals surface area contributed by atoms with Crippen LogP contribution < -0.4 is 16.2 Å². The van der Waals surface area contributed by atoms with Crippen LogP contribution in [-0.4, -0.2) is 18.0 Å². The van der Waals surface area contributed by atoms with Crippen molar-refractivity contribution < 1.29 is 4.79 Å². The van der Waals surface area contributed by atoms with Crippen molar-refractivity contribution in [1.82, 2.24) is 16.2 Å². The molecule has 108 valence electrons. The predicted octanol–water partition coefficient (Wildman–Crippen LogP) is 1.90. The van der Waals surface area contributed by atoms with Gasteiger partial charge in [0.05, 0.1) is 6.04 Å². The van der Waals surface area contributed by atoms with Crippen molar-refractivity contribution in [1.29, 1.82) is 0 Å². The van der Waals surface area contributed by atoms with E-state index < -0.39 is 0 Å². The Balaban J connectivity index is 1.62. The first-order valence-electron chi connectivity index (χ1n) is 7.62. The van der Waals surface area contributed by atoms with Gasteiger partial charge in [0.1, 0.15) is 6.04 Å². The summed E-state index contributed by atoms with van der Waals surface area (Å²) in [4.78, 5) is 12.5. The number of carbonyl (C=O) groups is 1. The molecular weight excluding hydrogens is 250 g/mol. The lowest BCUT2D eigenvalue weighted by Crippen LogP contribution is -2.46. The molecule has 1 saturated heterocycles. The first-order chi connectivity index (χ1) is 9.75. The first-order valence-corrected chi connectivity index (χ1v) is 7.62. The Labute approximate surface area is 120 Å². The van der Waals surface area contributed by atoms with E-state index in [0.717, 1.165) is 12.0 Å². The summed E-state index contributed by atoms with van der Waals surface area (Å²) in [7, 11) is 0. The largest absolute Gasteiger partial charge is 0.348 e. The molecule has 1 aliphatic heterocycles. The summed E-state index contributed by atoms with van der Waals surface area (Å²) in [6, 6.07) is 10.5. The van der Waals surface area contributed by atoms with Gasteiger partial charge < -0.3 is 5.32 Å². The molecule has 0 radical (unpaired) electrons. The number of hydrazine groups is 1. The molecular formula is C16H23N3O. The van der Waals surface area contributed by atoms with Crippen LogP contribution in [0.5, 0.6) is 0 Å². The minimum Gasteiger partial charge on any atom is -0.348 e. The fraction of sp³-hybridized carbons (Fsp3) is 0.562. The molecule has 2 aliphatic rings. The van der Waals surface area contributed by atoms with Crippen molar-refractivity contribution in [3.8, 4) is 0 Å². The second-order valence-corrected chi connectivity index (χ2v) is 5.96. The van der Waals surface area contributed by atoms with E-state index in [9.17, 15) is 4.79 Å². The standard InChI is InChI=1S/C16H23N3O/c1-11(12-7-3-2-4-8-12)17-16(20)15-13-9-5-6-10-14(13)18-19-15/h2-4,7-8,11,13-15,18-19H,5-6,9-10H2,1H3,(H,17,20). The Morgan fingerprint density at radius 2 is 1.95 bits per heavy atom. The predicted molar refractivity (Wildman–Crippen MR) is 78.8 cm³/mol. The normalized spacial score (nSPS) is 30.6. The molecule has 20 heavy (non-hydrogen) atoms. The number of amides is 1. The van der Waals surface area contributed by atoms with Gasteiger partial charge in [0, 0.05) is 12.0 Å². The van der Waals surface area contributed by atoms with Crippen LogP contribution in [0.4, 0.5) is 0 Å². The van der Waals surface area contributed by atoms with E-state index >= 15 is 0 Å². The zero-order valence-corrected chi connectivity index (χ0v) is 11.9. The zero-order chi connectivity index (χ0) is 13.9. The maximum Gasteiger partial charge on any atom is 0.239 e. The molecule has 4 unspecified atom stereocenters. The van der Waals surface area contributed by atoms with Crippen LogP contribution in [0, 0.1) is 5.92 Å². The molecule has 4 heteroatoms.